The van der Waals surface area contributed by atoms with Crippen LogP contribution in [0.2, 0.25) is 0 Å². The van der Waals surface area contributed by atoms with Crippen molar-refractivity contribution in [2.75, 3.05) is 18.5 Å². The van der Waals surface area contributed by atoms with Gasteiger partial charge in [0.05, 0.1) is 5.56 Å². The van der Waals surface area contributed by atoms with E-state index in [9.17, 15) is 9.90 Å². The molecular weight excluding hydrogens is 398 g/mol. The number of carboxylic acid groups (broad SMARTS) is 1. The summed E-state index contributed by atoms with van der Waals surface area (Å²) >= 11 is 0. The molecule has 5 rings (SSSR count). The van der Waals surface area contributed by atoms with Crippen molar-refractivity contribution in [3.63, 3.8) is 0 Å². The molecule has 1 saturated carbocycles. The van der Waals surface area contributed by atoms with Gasteiger partial charge in [-0.1, -0.05) is 18.2 Å². The molecule has 0 amide bonds. The molecule has 0 saturated heterocycles. The highest BCUT2D eigenvalue weighted by atomic mass is 16.4. The lowest BCUT2D eigenvalue weighted by atomic mass is 9.89. The van der Waals surface area contributed by atoms with Crippen molar-refractivity contribution in [3.8, 4) is 0 Å². The lowest BCUT2D eigenvalue weighted by Gasteiger charge is -2.29. The molecule has 0 unspecified atom stereocenters. The molecule has 2 N–H and O–H groups in total. The summed E-state index contributed by atoms with van der Waals surface area (Å²) in [4.78, 5) is 17.9. The number of hydrogen-bond acceptors (Lipinski definition) is 4. The van der Waals surface area contributed by atoms with Crippen LogP contribution in [0.3, 0.4) is 0 Å². The van der Waals surface area contributed by atoms with E-state index in [1.807, 2.05) is 0 Å². The smallest absolute Gasteiger partial charge is 0.336 e. The summed E-state index contributed by atoms with van der Waals surface area (Å²) in [5.74, 6) is -0.113. The number of hydrogen-bond donors (Lipinski definition) is 2. The van der Waals surface area contributed by atoms with E-state index >= 15 is 0 Å². The van der Waals surface area contributed by atoms with E-state index in [0.29, 0.717) is 12.0 Å². The molecule has 32 heavy (non-hydrogen) atoms. The number of benzene rings is 2. The Hall–Kier alpha value is -3.18. The van der Waals surface area contributed by atoms with Crippen LogP contribution in [0.4, 0.5) is 11.4 Å². The number of fused-ring (bicyclic) bond motifs is 1. The van der Waals surface area contributed by atoms with Gasteiger partial charge in [-0.25, -0.2) is 4.79 Å². The fraction of sp³-hybridized carbons (Fsp3) is 0.333. The van der Waals surface area contributed by atoms with Crippen LogP contribution < -0.4 is 10.2 Å². The summed E-state index contributed by atoms with van der Waals surface area (Å²) in [5, 5.41) is 13.0. The standard InChI is InChI=1S/C27H29N3O2/c1-30(22-7-4-19(5-8-22)18-2-3-18)23-9-10-24-20(16-23)12-15-29-26(24)11-6-21-17-28-14-13-25(21)27(31)32/h4-5,7-10,13-14,16-18,26,29H,2-3,6,11-12,15H2,1H3,(H,31,32)/t26-/m1/s1. The first-order valence-electron chi connectivity index (χ1n) is 11.5. The number of anilines is 2. The summed E-state index contributed by atoms with van der Waals surface area (Å²) < 4.78 is 0. The van der Waals surface area contributed by atoms with Gasteiger partial charge >= 0.3 is 5.97 Å². The van der Waals surface area contributed by atoms with Crippen LogP contribution in [0.1, 0.15) is 63.8 Å². The Morgan fingerprint density at radius 2 is 1.91 bits per heavy atom. The molecule has 1 aliphatic heterocycles. The minimum atomic E-state index is -0.891. The van der Waals surface area contributed by atoms with E-state index in [0.717, 1.165) is 30.9 Å². The van der Waals surface area contributed by atoms with Crippen molar-refractivity contribution in [3.05, 3.63) is 88.7 Å². The molecule has 5 heteroatoms. The van der Waals surface area contributed by atoms with E-state index in [1.165, 1.54) is 40.9 Å². The molecule has 3 aromatic rings. The summed E-state index contributed by atoms with van der Waals surface area (Å²) in [6.07, 6.45) is 8.40. The third kappa shape index (κ3) is 4.26. The Bertz CT molecular complexity index is 1120. The Morgan fingerprint density at radius 3 is 2.66 bits per heavy atom. The number of aromatic carboxylic acids is 1. The predicted molar refractivity (Wildman–Crippen MR) is 127 cm³/mol. The van der Waals surface area contributed by atoms with Crippen molar-refractivity contribution in [1.29, 1.82) is 0 Å². The van der Waals surface area contributed by atoms with Gasteiger partial charge in [0.1, 0.15) is 0 Å². The zero-order valence-electron chi connectivity index (χ0n) is 18.4. The highest BCUT2D eigenvalue weighted by Gasteiger charge is 2.24. The number of carboxylic acids is 1. The zero-order valence-corrected chi connectivity index (χ0v) is 18.4. The first kappa shape index (κ1) is 20.7. The minimum absolute atomic E-state index is 0.220. The first-order chi connectivity index (χ1) is 15.6. The Kier molecular flexibility index (Phi) is 5.66. The van der Waals surface area contributed by atoms with Crippen LogP contribution in [0, 0.1) is 0 Å². The van der Waals surface area contributed by atoms with Crippen LogP contribution in [-0.4, -0.2) is 29.7 Å². The van der Waals surface area contributed by atoms with Crippen molar-refractivity contribution in [2.45, 2.75) is 44.1 Å². The number of nitrogens with zero attached hydrogens (tertiary/aromatic N) is 2. The van der Waals surface area contributed by atoms with Gasteiger partial charge in [-0.2, -0.15) is 0 Å². The molecule has 1 aromatic heterocycles. The fourth-order valence-corrected chi connectivity index (χ4v) is 4.78. The topological polar surface area (TPSA) is 65.5 Å². The summed E-state index contributed by atoms with van der Waals surface area (Å²) in [6, 6.07) is 17.5. The summed E-state index contributed by atoms with van der Waals surface area (Å²) in [5.41, 5.74) is 7.69. The predicted octanol–water partition coefficient (Wildman–Crippen LogP) is 5.24. The summed E-state index contributed by atoms with van der Waals surface area (Å²) in [6.45, 7) is 0.930. The second-order valence-electron chi connectivity index (χ2n) is 8.94. The number of carbonyl (C=O) groups is 1. The quantitative estimate of drug-likeness (QED) is 0.539. The van der Waals surface area contributed by atoms with Crippen LogP contribution >= 0.6 is 0 Å². The monoisotopic (exact) mass is 427 g/mol. The van der Waals surface area contributed by atoms with Gasteiger partial charge in [-0.3, -0.25) is 4.98 Å². The molecule has 1 fully saturated rings. The van der Waals surface area contributed by atoms with Crippen LogP contribution in [0.25, 0.3) is 0 Å². The van der Waals surface area contributed by atoms with Gasteiger partial charge < -0.3 is 15.3 Å². The molecule has 164 valence electrons. The van der Waals surface area contributed by atoms with Gasteiger partial charge in [0.25, 0.3) is 0 Å². The van der Waals surface area contributed by atoms with Gasteiger partial charge in [0.2, 0.25) is 0 Å². The number of nitrogens with one attached hydrogen (secondary N) is 1. The first-order valence-corrected chi connectivity index (χ1v) is 11.5. The number of pyridine rings is 1. The van der Waals surface area contributed by atoms with E-state index in [2.05, 4.69) is 64.7 Å². The van der Waals surface area contributed by atoms with Gasteiger partial charge in [-0.15, -0.1) is 0 Å². The third-order valence-electron chi connectivity index (χ3n) is 6.84. The maximum atomic E-state index is 11.5. The second kappa shape index (κ2) is 8.75. The molecule has 1 atom stereocenters. The van der Waals surface area contributed by atoms with Gasteiger partial charge in [-0.05, 0) is 97.2 Å². The van der Waals surface area contributed by atoms with Crippen molar-refractivity contribution >= 4 is 17.3 Å². The van der Waals surface area contributed by atoms with E-state index in [-0.39, 0.29) is 6.04 Å². The van der Waals surface area contributed by atoms with Crippen molar-refractivity contribution in [2.24, 2.45) is 0 Å². The number of aromatic nitrogens is 1. The van der Waals surface area contributed by atoms with Crippen molar-refractivity contribution < 1.29 is 9.90 Å². The minimum Gasteiger partial charge on any atom is -0.478 e. The van der Waals surface area contributed by atoms with E-state index in [1.54, 1.807) is 18.5 Å². The molecule has 0 bridgehead atoms. The second-order valence-corrected chi connectivity index (χ2v) is 8.94. The average Bonchev–Trinajstić information content (AvgIpc) is 3.68. The molecule has 5 nitrogen and oxygen atoms in total. The molecule has 1 aliphatic carbocycles. The number of aryl methyl sites for hydroxylation is 1. The van der Waals surface area contributed by atoms with E-state index < -0.39 is 5.97 Å². The third-order valence-corrected chi connectivity index (χ3v) is 6.84. The maximum Gasteiger partial charge on any atom is 0.336 e. The normalized spacial score (nSPS) is 17.6. The summed E-state index contributed by atoms with van der Waals surface area (Å²) in [7, 11) is 2.13. The van der Waals surface area contributed by atoms with Crippen LogP contribution in [0.15, 0.2) is 60.9 Å². The lowest BCUT2D eigenvalue weighted by Crippen LogP contribution is -2.30. The Labute approximate surface area is 189 Å². The zero-order chi connectivity index (χ0) is 22.1. The lowest BCUT2D eigenvalue weighted by molar-refractivity contribution is 0.0695. The molecule has 2 aliphatic rings. The maximum absolute atomic E-state index is 11.5. The van der Waals surface area contributed by atoms with Gasteiger partial charge in [0.15, 0.2) is 0 Å². The average molecular weight is 428 g/mol. The van der Waals surface area contributed by atoms with Crippen molar-refractivity contribution in [1.82, 2.24) is 10.3 Å². The number of rotatable bonds is 7. The SMILES string of the molecule is CN(c1ccc(C2CC2)cc1)c1ccc2c(c1)CCN[C@@H]2CCc1cnccc1C(=O)O. The largest absolute Gasteiger partial charge is 0.478 e. The Morgan fingerprint density at radius 1 is 1.12 bits per heavy atom. The fourth-order valence-electron chi connectivity index (χ4n) is 4.78. The highest BCUT2D eigenvalue weighted by Crippen LogP contribution is 2.41. The van der Waals surface area contributed by atoms with Gasteiger partial charge in [0, 0.05) is 36.9 Å². The van der Waals surface area contributed by atoms with Crippen LogP contribution in [-0.2, 0) is 12.8 Å². The molecule has 0 radical (unpaired) electrons. The van der Waals surface area contributed by atoms with Crippen LogP contribution in [0.5, 0.6) is 0 Å². The molecule has 0 spiro atoms. The Balaban J connectivity index is 1.31. The molecule has 2 heterocycles. The van der Waals surface area contributed by atoms with E-state index in [4.69, 9.17) is 0 Å². The molecule has 2 aromatic carbocycles. The molecular formula is C27H29N3O2. The highest BCUT2D eigenvalue weighted by molar-refractivity contribution is 5.89.